The first-order valence-corrected chi connectivity index (χ1v) is 5.88. The van der Waals surface area contributed by atoms with Crippen LogP contribution in [0.4, 0.5) is 17.3 Å². The van der Waals surface area contributed by atoms with Crippen LogP contribution in [0.15, 0.2) is 0 Å². The molecular weight excluding hydrogens is 237 g/mol. The zero-order valence-corrected chi connectivity index (χ0v) is 11.2. The molecule has 0 radical (unpaired) electrons. The van der Waals surface area contributed by atoms with Crippen LogP contribution in [0.1, 0.15) is 26.7 Å². The third-order valence-corrected chi connectivity index (χ3v) is 2.36. The lowest BCUT2D eigenvalue weighted by atomic mass is 10.3. The third-order valence-electron chi connectivity index (χ3n) is 2.36. The predicted octanol–water partition coefficient (Wildman–Crippen LogP) is 3.20. The highest BCUT2D eigenvalue weighted by atomic mass is 19.5. The summed E-state index contributed by atoms with van der Waals surface area (Å²) in [4.78, 5) is 0. The molecule has 0 aromatic carbocycles. The second kappa shape index (κ2) is 9.71. The Hall–Kier alpha value is -0.295. The van der Waals surface area contributed by atoms with Gasteiger partial charge in [-0.3, -0.25) is 0 Å². The van der Waals surface area contributed by atoms with Gasteiger partial charge < -0.3 is 26.5 Å². The summed E-state index contributed by atoms with van der Waals surface area (Å²) in [5.41, 5.74) is 0. The molecule has 0 saturated heterocycles. The lowest BCUT2D eigenvalue weighted by Gasteiger charge is -2.33. The summed E-state index contributed by atoms with van der Waals surface area (Å²) >= 11 is 0. The molecule has 0 atom stereocenters. The maximum absolute atomic E-state index is 9.75. The van der Waals surface area contributed by atoms with Gasteiger partial charge >= 0.3 is 7.25 Å². The van der Waals surface area contributed by atoms with Crippen LogP contribution < -0.4 is 0 Å². The van der Waals surface area contributed by atoms with Crippen molar-refractivity contribution in [2.75, 3.05) is 40.4 Å². The van der Waals surface area contributed by atoms with E-state index in [2.05, 4.69) is 20.9 Å². The zero-order valence-electron chi connectivity index (χ0n) is 11.2. The molecule has 0 rings (SSSR count). The second-order valence-corrected chi connectivity index (χ2v) is 4.28. The first-order chi connectivity index (χ1) is 7.68. The molecule has 0 heterocycles. The maximum Gasteiger partial charge on any atom is 0.673 e. The summed E-state index contributed by atoms with van der Waals surface area (Å²) in [6.45, 7) is 9.08. The number of quaternary nitrogens is 1. The van der Waals surface area contributed by atoms with Gasteiger partial charge in [0.1, 0.15) is 6.54 Å². The van der Waals surface area contributed by atoms with E-state index in [9.17, 15) is 17.3 Å². The molecule has 0 saturated carbocycles. The van der Waals surface area contributed by atoms with E-state index in [0.29, 0.717) is 0 Å². The Balaban J connectivity index is 0. The highest BCUT2D eigenvalue weighted by Crippen LogP contribution is 2.06. The van der Waals surface area contributed by atoms with Gasteiger partial charge in [0.05, 0.1) is 26.7 Å². The van der Waals surface area contributed by atoms with Crippen molar-refractivity contribution >= 4 is 7.25 Å². The van der Waals surface area contributed by atoms with Crippen LogP contribution in [-0.2, 0) is 4.74 Å². The standard InChI is InChI=1S/C10H24NO.BF4/c1-5-7-11(3,8-6-2)9-10-12-4;2-1(3,4)5/h5-10H2,1-4H3;/q+1;-1. The third kappa shape index (κ3) is 18.3. The van der Waals surface area contributed by atoms with Gasteiger partial charge in [-0.05, 0) is 12.8 Å². The van der Waals surface area contributed by atoms with E-state index in [4.69, 9.17) is 4.74 Å². The normalized spacial score (nSPS) is 12.0. The summed E-state index contributed by atoms with van der Waals surface area (Å²) in [6, 6.07) is 0. The summed E-state index contributed by atoms with van der Waals surface area (Å²) in [7, 11) is -1.89. The molecule has 0 unspecified atom stereocenters. The molecule has 17 heavy (non-hydrogen) atoms. The van der Waals surface area contributed by atoms with Crippen molar-refractivity contribution in [3.05, 3.63) is 0 Å². The minimum Gasteiger partial charge on any atom is -0.418 e. The minimum absolute atomic E-state index is 0.885. The molecule has 7 heteroatoms. The maximum atomic E-state index is 9.75. The quantitative estimate of drug-likeness (QED) is 0.388. The molecule has 0 N–H and O–H groups in total. The van der Waals surface area contributed by atoms with Crippen molar-refractivity contribution in [3.8, 4) is 0 Å². The van der Waals surface area contributed by atoms with Crippen molar-refractivity contribution in [1.29, 1.82) is 0 Å². The fraction of sp³-hybridized carbons (Fsp3) is 1.00. The van der Waals surface area contributed by atoms with Gasteiger partial charge in [0.15, 0.2) is 0 Å². The first-order valence-electron chi connectivity index (χ1n) is 5.88. The molecule has 0 aromatic rings. The molecule has 106 valence electrons. The molecule has 0 amide bonds. The number of hydrogen-bond donors (Lipinski definition) is 0. The van der Waals surface area contributed by atoms with Crippen molar-refractivity contribution in [2.24, 2.45) is 0 Å². The summed E-state index contributed by atoms with van der Waals surface area (Å²) in [5, 5.41) is 0. The Morgan fingerprint density at radius 2 is 1.29 bits per heavy atom. The minimum atomic E-state index is -6.00. The molecular formula is C10H24BF4NO. The van der Waals surface area contributed by atoms with E-state index in [0.717, 1.165) is 13.2 Å². The van der Waals surface area contributed by atoms with Crippen LogP contribution in [0.3, 0.4) is 0 Å². The number of halogens is 4. The van der Waals surface area contributed by atoms with E-state index in [1.807, 2.05) is 0 Å². The smallest absolute Gasteiger partial charge is 0.418 e. The Bertz CT molecular complexity index is 166. The number of likely N-dealkylation sites (N-methyl/N-ethyl adjacent to an activating group) is 1. The summed E-state index contributed by atoms with van der Waals surface area (Å²) in [5.74, 6) is 0. The molecule has 0 aliphatic heterocycles. The van der Waals surface area contributed by atoms with Crippen molar-refractivity contribution < 1.29 is 26.5 Å². The van der Waals surface area contributed by atoms with Crippen LogP contribution in [0.5, 0.6) is 0 Å². The van der Waals surface area contributed by atoms with E-state index in [-0.39, 0.29) is 0 Å². The van der Waals surface area contributed by atoms with E-state index < -0.39 is 7.25 Å². The number of rotatable bonds is 7. The Labute approximate surface area is 102 Å². The first kappa shape index (κ1) is 19.1. The van der Waals surface area contributed by atoms with Gasteiger partial charge in [-0.15, -0.1) is 0 Å². The van der Waals surface area contributed by atoms with Crippen molar-refractivity contribution in [1.82, 2.24) is 0 Å². The van der Waals surface area contributed by atoms with Crippen LogP contribution in [0.2, 0.25) is 0 Å². The largest absolute Gasteiger partial charge is 0.673 e. The Kier molecular flexibility index (Phi) is 10.9. The molecule has 2 nitrogen and oxygen atoms in total. The average molecular weight is 261 g/mol. The van der Waals surface area contributed by atoms with Gasteiger partial charge in [0.2, 0.25) is 0 Å². The van der Waals surface area contributed by atoms with Crippen LogP contribution in [0.25, 0.3) is 0 Å². The van der Waals surface area contributed by atoms with Crippen LogP contribution in [0, 0.1) is 0 Å². The van der Waals surface area contributed by atoms with E-state index in [1.165, 1.54) is 30.4 Å². The molecule has 0 aromatic heterocycles. The summed E-state index contributed by atoms with van der Waals surface area (Å²) in [6.07, 6.45) is 2.53. The molecule has 0 aliphatic carbocycles. The lowest BCUT2D eigenvalue weighted by Crippen LogP contribution is -2.47. The predicted molar refractivity (Wildman–Crippen MR) is 63.4 cm³/mol. The fourth-order valence-electron chi connectivity index (χ4n) is 1.73. The lowest BCUT2D eigenvalue weighted by molar-refractivity contribution is -0.910. The van der Waals surface area contributed by atoms with Crippen molar-refractivity contribution in [3.63, 3.8) is 0 Å². The Morgan fingerprint density at radius 1 is 0.941 bits per heavy atom. The van der Waals surface area contributed by atoms with Crippen molar-refractivity contribution in [2.45, 2.75) is 26.7 Å². The monoisotopic (exact) mass is 261 g/mol. The molecule has 0 fully saturated rings. The molecule has 0 bridgehead atoms. The number of methoxy groups -OCH3 is 1. The van der Waals surface area contributed by atoms with Gasteiger partial charge in [0, 0.05) is 7.11 Å². The van der Waals surface area contributed by atoms with E-state index in [1.54, 1.807) is 7.11 Å². The number of nitrogens with zero attached hydrogens (tertiary/aromatic N) is 1. The fourth-order valence-corrected chi connectivity index (χ4v) is 1.73. The highest BCUT2D eigenvalue weighted by molar-refractivity contribution is 6.50. The highest BCUT2D eigenvalue weighted by Gasteiger charge is 2.20. The second-order valence-electron chi connectivity index (χ2n) is 4.28. The van der Waals surface area contributed by atoms with Crippen LogP contribution in [-0.4, -0.2) is 52.1 Å². The van der Waals surface area contributed by atoms with Gasteiger partial charge in [-0.25, -0.2) is 0 Å². The van der Waals surface area contributed by atoms with Gasteiger partial charge in [0.25, 0.3) is 0 Å². The number of ether oxygens (including phenoxy) is 1. The number of hydrogen-bond acceptors (Lipinski definition) is 1. The molecule has 0 spiro atoms. The molecule has 0 aliphatic rings. The summed E-state index contributed by atoms with van der Waals surface area (Å²) < 4.78 is 45.3. The SMILES string of the molecule is CCC[N+](C)(CCC)CCOC.F[B-](F)(F)F. The van der Waals surface area contributed by atoms with Crippen LogP contribution >= 0.6 is 0 Å². The van der Waals surface area contributed by atoms with Gasteiger partial charge in [-0.2, -0.15) is 0 Å². The van der Waals surface area contributed by atoms with E-state index >= 15 is 0 Å². The topological polar surface area (TPSA) is 9.23 Å². The average Bonchev–Trinajstić information content (AvgIpc) is 2.13. The van der Waals surface area contributed by atoms with Gasteiger partial charge in [-0.1, -0.05) is 13.8 Å². The zero-order chi connectivity index (χ0) is 13.9. The Morgan fingerprint density at radius 3 is 1.53 bits per heavy atom.